The zero-order valence-corrected chi connectivity index (χ0v) is 21.4. The molecule has 0 bridgehead atoms. The molecule has 3 aromatic heterocycles. The first-order valence-electron chi connectivity index (χ1n) is 11.3. The summed E-state index contributed by atoms with van der Waals surface area (Å²) < 4.78 is 32.5. The first-order chi connectivity index (χ1) is 18.8. The molecule has 0 atom stereocenters. The summed E-state index contributed by atoms with van der Waals surface area (Å²) in [5, 5.41) is 9.90. The number of benzene rings is 2. The Morgan fingerprint density at radius 2 is 1.82 bits per heavy atom. The first-order valence-corrected chi connectivity index (χ1v) is 13.1. The highest BCUT2D eigenvalue weighted by atomic mass is 35.5. The lowest BCUT2D eigenvalue weighted by Crippen LogP contribution is -2.21. The summed E-state index contributed by atoms with van der Waals surface area (Å²) in [4.78, 5) is 36.4. The molecule has 5 aromatic rings. The van der Waals surface area contributed by atoms with Gasteiger partial charge in [-0.2, -0.15) is 0 Å². The minimum absolute atomic E-state index is 0.000733. The Labute approximate surface area is 226 Å². The predicted molar refractivity (Wildman–Crippen MR) is 143 cm³/mol. The number of nitrogens with zero attached hydrogens (tertiary/aromatic N) is 4. The molecule has 0 aliphatic heterocycles. The fourth-order valence-electron chi connectivity index (χ4n) is 3.47. The number of hydrogen-bond acceptors (Lipinski definition) is 9. The number of carbonyl (C=O) groups excluding carboxylic acids is 2. The molecule has 0 saturated carbocycles. The summed E-state index contributed by atoms with van der Waals surface area (Å²) >= 11 is 5.65. The minimum atomic E-state index is -3.94. The topological polar surface area (TPSA) is 169 Å². The molecular weight excluding hydrogens is 546 g/mol. The number of aromatic amines is 1. The van der Waals surface area contributed by atoms with Crippen molar-refractivity contribution in [1.29, 1.82) is 0 Å². The highest BCUT2D eigenvalue weighted by Crippen LogP contribution is 2.21. The Hall–Kier alpha value is -4.88. The Bertz CT molecular complexity index is 1760. The fourth-order valence-corrected chi connectivity index (χ4v) is 4.57. The molecule has 39 heavy (non-hydrogen) atoms. The molecule has 3 heterocycles. The number of fused-ring (bicyclic) bond motifs is 1. The maximum atomic E-state index is 12.5. The third-order valence-corrected chi connectivity index (χ3v) is 6.88. The zero-order valence-electron chi connectivity index (χ0n) is 19.8. The van der Waals surface area contributed by atoms with Crippen molar-refractivity contribution in [2.75, 3.05) is 16.6 Å². The van der Waals surface area contributed by atoms with Crippen molar-refractivity contribution < 1.29 is 22.7 Å². The van der Waals surface area contributed by atoms with Crippen LogP contribution in [0.2, 0.25) is 5.15 Å². The van der Waals surface area contributed by atoms with E-state index in [0.717, 1.165) is 5.56 Å². The maximum absolute atomic E-state index is 12.5. The molecule has 0 saturated heterocycles. The van der Waals surface area contributed by atoms with Crippen LogP contribution >= 0.6 is 11.6 Å². The molecule has 0 unspecified atom stereocenters. The van der Waals surface area contributed by atoms with E-state index >= 15 is 0 Å². The number of H-pyrrole nitrogens is 1. The molecule has 0 aliphatic rings. The van der Waals surface area contributed by atoms with Crippen molar-refractivity contribution >= 4 is 56.0 Å². The average molecular weight is 564 g/mol. The van der Waals surface area contributed by atoms with Crippen LogP contribution in [0.15, 0.2) is 84.0 Å². The summed E-state index contributed by atoms with van der Waals surface area (Å²) in [5.41, 5.74) is 2.63. The van der Waals surface area contributed by atoms with Crippen molar-refractivity contribution in [3.05, 3.63) is 89.8 Å². The number of imidazole rings is 1. The number of amides is 1. The van der Waals surface area contributed by atoms with E-state index in [0.29, 0.717) is 22.5 Å². The number of nitrogens with one attached hydrogen (secondary N) is 3. The van der Waals surface area contributed by atoms with Crippen LogP contribution in [0.25, 0.3) is 22.4 Å². The second kappa shape index (κ2) is 10.8. The van der Waals surface area contributed by atoms with E-state index in [2.05, 4.69) is 35.2 Å². The number of carbonyl (C=O) groups is 2. The number of hydrogen-bond donors (Lipinski definition) is 3. The van der Waals surface area contributed by atoms with Crippen LogP contribution in [0.3, 0.4) is 0 Å². The maximum Gasteiger partial charge on any atom is 0.338 e. The lowest BCUT2D eigenvalue weighted by Gasteiger charge is -2.09. The summed E-state index contributed by atoms with van der Waals surface area (Å²) in [7, 11) is -3.94. The van der Waals surface area contributed by atoms with Crippen LogP contribution in [0.4, 0.5) is 11.5 Å². The lowest BCUT2D eigenvalue weighted by molar-refractivity contribution is -0.119. The van der Waals surface area contributed by atoms with Gasteiger partial charge in [0.2, 0.25) is 0 Å². The summed E-state index contributed by atoms with van der Waals surface area (Å²) in [6.45, 7) is -0.544. The second-order valence-electron chi connectivity index (χ2n) is 8.05. The van der Waals surface area contributed by atoms with Crippen LogP contribution in [-0.2, 0) is 19.6 Å². The number of anilines is 2. The summed E-state index contributed by atoms with van der Waals surface area (Å²) in [5.74, 6) is -0.687. The van der Waals surface area contributed by atoms with E-state index in [1.54, 1.807) is 36.7 Å². The molecule has 3 N–H and O–H groups in total. The normalized spacial score (nSPS) is 11.2. The Kier molecular flexibility index (Phi) is 7.17. The Balaban J connectivity index is 1.17. The van der Waals surface area contributed by atoms with Gasteiger partial charge in [0.25, 0.3) is 15.9 Å². The van der Waals surface area contributed by atoms with Crippen molar-refractivity contribution in [2.45, 2.75) is 4.90 Å². The van der Waals surface area contributed by atoms with Gasteiger partial charge in [-0.25, -0.2) is 18.2 Å². The number of pyridine rings is 1. The van der Waals surface area contributed by atoms with E-state index in [1.165, 1.54) is 36.4 Å². The van der Waals surface area contributed by atoms with E-state index in [9.17, 15) is 18.0 Å². The van der Waals surface area contributed by atoms with Crippen molar-refractivity contribution in [1.82, 2.24) is 25.1 Å². The molecule has 196 valence electrons. The van der Waals surface area contributed by atoms with E-state index in [4.69, 9.17) is 16.3 Å². The summed E-state index contributed by atoms with van der Waals surface area (Å²) in [6, 6.07) is 16.6. The van der Waals surface area contributed by atoms with Crippen molar-refractivity contribution in [3.8, 4) is 11.4 Å². The highest BCUT2D eigenvalue weighted by molar-refractivity contribution is 7.92. The standard InChI is InChI=1S/C25H18ClN7O5S/c26-21-9-10-22(32-31-21)33-39(36,37)18-6-4-17(5-7-18)28-23(34)14-38-25(35)15-3-8-19-20(12-15)30-24(29-19)16-2-1-11-27-13-16/h1-13H,14H2,(H,28,34)(H,29,30)(H,32,33). The van der Waals surface area contributed by atoms with Gasteiger partial charge in [0.15, 0.2) is 17.6 Å². The molecule has 12 nitrogen and oxygen atoms in total. The van der Waals surface area contributed by atoms with Gasteiger partial charge in [0.1, 0.15) is 5.82 Å². The Morgan fingerprint density at radius 3 is 2.54 bits per heavy atom. The number of esters is 1. The van der Waals surface area contributed by atoms with Gasteiger partial charge in [-0.05, 0) is 66.7 Å². The Morgan fingerprint density at radius 1 is 1.00 bits per heavy atom. The van der Waals surface area contributed by atoms with Crippen LogP contribution in [0.1, 0.15) is 10.4 Å². The van der Waals surface area contributed by atoms with Crippen LogP contribution in [0, 0.1) is 0 Å². The average Bonchev–Trinajstić information content (AvgIpc) is 3.37. The molecule has 2 aromatic carbocycles. The molecular formula is C25H18ClN7O5S. The number of halogens is 1. The number of aromatic nitrogens is 5. The third-order valence-electron chi connectivity index (χ3n) is 5.31. The van der Waals surface area contributed by atoms with Gasteiger partial charge in [0.05, 0.1) is 21.5 Å². The van der Waals surface area contributed by atoms with Crippen LogP contribution in [-0.4, -0.2) is 52.1 Å². The summed E-state index contributed by atoms with van der Waals surface area (Å²) in [6.07, 6.45) is 3.33. The van der Waals surface area contributed by atoms with Gasteiger partial charge in [-0.15, -0.1) is 10.2 Å². The molecule has 1 amide bonds. The van der Waals surface area contributed by atoms with E-state index < -0.39 is 28.5 Å². The lowest BCUT2D eigenvalue weighted by atomic mass is 10.2. The third kappa shape index (κ3) is 6.17. The van der Waals surface area contributed by atoms with Gasteiger partial charge >= 0.3 is 5.97 Å². The number of sulfonamides is 1. The molecule has 0 fully saturated rings. The first kappa shape index (κ1) is 25.8. The van der Waals surface area contributed by atoms with Crippen molar-refractivity contribution in [3.63, 3.8) is 0 Å². The van der Waals surface area contributed by atoms with Gasteiger partial charge in [-0.3, -0.25) is 14.5 Å². The second-order valence-corrected chi connectivity index (χ2v) is 10.1. The molecule has 5 rings (SSSR count). The van der Waals surface area contributed by atoms with Gasteiger partial charge < -0.3 is 15.0 Å². The zero-order chi connectivity index (χ0) is 27.4. The monoisotopic (exact) mass is 563 g/mol. The van der Waals surface area contributed by atoms with Gasteiger partial charge in [0, 0.05) is 23.6 Å². The SMILES string of the molecule is O=C(COC(=O)c1ccc2nc(-c3cccnc3)[nH]c2c1)Nc1ccc(S(=O)(=O)Nc2ccc(Cl)nn2)cc1. The molecule has 0 aliphatic carbocycles. The number of ether oxygens (including phenoxy) is 1. The van der Waals surface area contributed by atoms with E-state index in [-0.39, 0.29) is 21.4 Å². The minimum Gasteiger partial charge on any atom is -0.452 e. The molecule has 14 heteroatoms. The smallest absolute Gasteiger partial charge is 0.338 e. The van der Waals surface area contributed by atoms with Gasteiger partial charge in [-0.1, -0.05) is 11.6 Å². The van der Waals surface area contributed by atoms with Crippen LogP contribution < -0.4 is 10.0 Å². The quantitative estimate of drug-likeness (QED) is 0.238. The fraction of sp³-hybridized carbons (Fsp3) is 0.0400. The van der Waals surface area contributed by atoms with Crippen molar-refractivity contribution in [2.24, 2.45) is 0 Å². The van der Waals surface area contributed by atoms with Crippen LogP contribution in [0.5, 0.6) is 0 Å². The number of rotatable bonds is 8. The predicted octanol–water partition coefficient (Wildman–Crippen LogP) is 3.66. The largest absolute Gasteiger partial charge is 0.452 e. The highest BCUT2D eigenvalue weighted by Gasteiger charge is 2.16. The molecule has 0 spiro atoms. The van der Waals surface area contributed by atoms with E-state index in [1.807, 2.05) is 6.07 Å². The molecule has 0 radical (unpaired) electrons.